The summed E-state index contributed by atoms with van der Waals surface area (Å²) in [6, 6.07) is 38.1. The normalized spacial score (nSPS) is 10.7. The highest BCUT2D eigenvalue weighted by molar-refractivity contribution is 5.76. The van der Waals surface area contributed by atoms with E-state index < -0.39 is 0 Å². The van der Waals surface area contributed by atoms with E-state index in [9.17, 15) is 0 Å². The molecule has 2 N–H and O–H groups in total. The van der Waals surface area contributed by atoms with Crippen molar-refractivity contribution in [1.29, 1.82) is 0 Å². The van der Waals surface area contributed by atoms with Crippen molar-refractivity contribution in [2.45, 2.75) is 12.8 Å². The fraction of sp³-hybridized carbons (Fsp3) is 0.143. The third-order valence-electron chi connectivity index (χ3n) is 5.35. The van der Waals surface area contributed by atoms with Gasteiger partial charge in [-0.1, -0.05) is 60.7 Å². The summed E-state index contributed by atoms with van der Waals surface area (Å²) in [5.41, 5.74) is 12.4. The Balaban J connectivity index is 1.39. The molecule has 4 aromatic carbocycles. The first kappa shape index (κ1) is 22.6. The number of nitrogens with zero attached hydrogens (tertiary/aromatic N) is 1. The molecule has 168 valence electrons. The van der Waals surface area contributed by atoms with E-state index in [1.54, 1.807) is 7.11 Å². The molecule has 0 aliphatic rings. The van der Waals surface area contributed by atoms with Crippen molar-refractivity contribution >= 4 is 22.7 Å². The second kappa shape index (κ2) is 11.8. The zero-order chi connectivity index (χ0) is 22.7. The summed E-state index contributed by atoms with van der Waals surface area (Å²) in [5.74, 6) is 0. The highest BCUT2D eigenvalue weighted by Gasteiger charge is 2.11. The Morgan fingerprint density at radius 1 is 0.606 bits per heavy atom. The van der Waals surface area contributed by atoms with Crippen molar-refractivity contribution in [3.8, 4) is 0 Å². The van der Waals surface area contributed by atoms with E-state index in [-0.39, 0.29) is 6.73 Å². The van der Waals surface area contributed by atoms with Crippen molar-refractivity contribution in [2.75, 3.05) is 24.2 Å². The maximum absolute atomic E-state index is 5.23. The highest BCUT2D eigenvalue weighted by atomic mass is 16.7. The largest absolute Gasteiger partial charge is 0.311 e. The standard InChI is InChI=1S/C28H29N3O2/c1-32-29-22-33-30-25-18-14-23(15-19-25)12-13-24-16-20-28(21-17-24)31(26-8-4-2-5-9-26)27-10-6-3-7-11-27/h2-11,14-21,29-30H,12-13,22H2,1H3. The van der Waals surface area contributed by atoms with E-state index in [0.29, 0.717) is 0 Å². The molecule has 0 aliphatic carbocycles. The van der Waals surface area contributed by atoms with Crippen LogP contribution in [0.4, 0.5) is 22.7 Å². The smallest absolute Gasteiger partial charge is 0.147 e. The molecule has 0 heterocycles. The molecule has 5 nitrogen and oxygen atoms in total. The lowest BCUT2D eigenvalue weighted by Crippen LogP contribution is -2.18. The first-order chi connectivity index (χ1) is 16.3. The first-order valence-corrected chi connectivity index (χ1v) is 11.1. The molecule has 0 aromatic heterocycles. The van der Waals surface area contributed by atoms with Crippen LogP contribution in [0.25, 0.3) is 0 Å². The predicted octanol–water partition coefficient (Wildman–Crippen LogP) is 6.39. The summed E-state index contributed by atoms with van der Waals surface area (Å²) in [4.78, 5) is 12.2. The first-order valence-electron chi connectivity index (χ1n) is 11.1. The number of para-hydroxylation sites is 2. The number of rotatable bonds is 11. The van der Waals surface area contributed by atoms with Crippen LogP contribution >= 0.6 is 0 Å². The SMILES string of the molecule is CONCONc1ccc(CCc2ccc(N(c3ccccc3)c3ccccc3)cc2)cc1. The summed E-state index contributed by atoms with van der Waals surface area (Å²) < 4.78 is 0. The Morgan fingerprint density at radius 2 is 1.09 bits per heavy atom. The Hall–Kier alpha value is -3.64. The number of nitrogens with one attached hydrogen (secondary N) is 2. The fourth-order valence-corrected chi connectivity index (χ4v) is 3.65. The zero-order valence-electron chi connectivity index (χ0n) is 18.8. The molecule has 0 unspecified atom stereocenters. The summed E-state index contributed by atoms with van der Waals surface area (Å²) in [6.45, 7) is 0.264. The summed E-state index contributed by atoms with van der Waals surface area (Å²) in [7, 11) is 1.55. The van der Waals surface area contributed by atoms with Crippen LogP contribution in [0.15, 0.2) is 109 Å². The predicted molar refractivity (Wildman–Crippen MR) is 135 cm³/mol. The molecule has 0 saturated heterocycles. The quantitative estimate of drug-likeness (QED) is 0.161. The van der Waals surface area contributed by atoms with Crippen LogP contribution in [-0.4, -0.2) is 13.8 Å². The molecule has 0 spiro atoms. The molecule has 5 heteroatoms. The Labute approximate surface area is 195 Å². The number of benzene rings is 4. The molecule has 4 rings (SSSR count). The van der Waals surface area contributed by atoms with E-state index in [1.807, 2.05) is 24.3 Å². The van der Waals surface area contributed by atoms with Crippen LogP contribution in [0, 0.1) is 0 Å². The number of hydroxylamine groups is 1. The molecule has 4 aromatic rings. The average molecular weight is 440 g/mol. The highest BCUT2D eigenvalue weighted by Crippen LogP contribution is 2.34. The third kappa shape index (κ3) is 6.43. The van der Waals surface area contributed by atoms with Crippen molar-refractivity contribution in [1.82, 2.24) is 5.48 Å². The van der Waals surface area contributed by atoms with Crippen molar-refractivity contribution in [2.24, 2.45) is 0 Å². The van der Waals surface area contributed by atoms with Gasteiger partial charge < -0.3 is 9.74 Å². The number of anilines is 4. The second-order valence-corrected chi connectivity index (χ2v) is 7.61. The van der Waals surface area contributed by atoms with Gasteiger partial charge in [-0.2, -0.15) is 5.48 Å². The van der Waals surface area contributed by atoms with Gasteiger partial charge in [0.05, 0.1) is 12.8 Å². The minimum absolute atomic E-state index is 0.264. The second-order valence-electron chi connectivity index (χ2n) is 7.61. The van der Waals surface area contributed by atoms with E-state index in [1.165, 1.54) is 11.1 Å². The number of hydrogen-bond acceptors (Lipinski definition) is 5. The van der Waals surface area contributed by atoms with Gasteiger partial charge in [-0.3, -0.25) is 10.3 Å². The maximum atomic E-state index is 5.23. The van der Waals surface area contributed by atoms with Gasteiger partial charge in [0.15, 0.2) is 0 Å². The van der Waals surface area contributed by atoms with E-state index >= 15 is 0 Å². The lowest BCUT2D eigenvalue weighted by atomic mass is 10.0. The van der Waals surface area contributed by atoms with Gasteiger partial charge in [-0.15, -0.1) is 0 Å². The summed E-state index contributed by atoms with van der Waals surface area (Å²) in [5, 5.41) is 0. The van der Waals surface area contributed by atoms with Crippen molar-refractivity contribution < 1.29 is 9.68 Å². The van der Waals surface area contributed by atoms with Crippen LogP contribution in [0.2, 0.25) is 0 Å². The van der Waals surface area contributed by atoms with Gasteiger partial charge >= 0.3 is 0 Å². The van der Waals surface area contributed by atoms with Crippen molar-refractivity contribution in [3.63, 3.8) is 0 Å². The molecule has 0 atom stereocenters. The number of aryl methyl sites for hydroxylation is 2. The molecule has 0 aliphatic heterocycles. The van der Waals surface area contributed by atoms with Gasteiger partial charge in [-0.05, 0) is 72.5 Å². The number of hydrogen-bond donors (Lipinski definition) is 2. The Bertz CT molecular complexity index is 1050. The molecular weight excluding hydrogens is 410 g/mol. The van der Waals surface area contributed by atoms with Gasteiger partial charge in [0.25, 0.3) is 0 Å². The molecule has 0 fully saturated rings. The lowest BCUT2D eigenvalue weighted by molar-refractivity contribution is 0.0111. The zero-order valence-corrected chi connectivity index (χ0v) is 18.8. The van der Waals surface area contributed by atoms with Crippen LogP contribution in [-0.2, 0) is 22.5 Å². The molecule has 0 saturated carbocycles. The molecule has 33 heavy (non-hydrogen) atoms. The molecule has 0 amide bonds. The van der Waals surface area contributed by atoms with E-state index in [4.69, 9.17) is 9.68 Å². The Morgan fingerprint density at radius 3 is 1.61 bits per heavy atom. The molecule has 0 bridgehead atoms. The van der Waals surface area contributed by atoms with Crippen LogP contribution in [0.5, 0.6) is 0 Å². The lowest BCUT2D eigenvalue weighted by Gasteiger charge is -2.25. The monoisotopic (exact) mass is 439 g/mol. The molecular formula is C28H29N3O2. The average Bonchev–Trinajstić information content (AvgIpc) is 2.88. The maximum Gasteiger partial charge on any atom is 0.147 e. The van der Waals surface area contributed by atoms with Gasteiger partial charge in [-0.25, -0.2) is 0 Å². The van der Waals surface area contributed by atoms with Crippen LogP contribution in [0.1, 0.15) is 11.1 Å². The Kier molecular flexibility index (Phi) is 8.08. The third-order valence-corrected chi connectivity index (χ3v) is 5.35. The van der Waals surface area contributed by atoms with Gasteiger partial charge in [0.2, 0.25) is 0 Å². The van der Waals surface area contributed by atoms with Crippen LogP contribution < -0.4 is 15.9 Å². The minimum Gasteiger partial charge on any atom is -0.311 e. The summed E-state index contributed by atoms with van der Waals surface area (Å²) in [6.07, 6.45) is 1.96. The van der Waals surface area contributed by atoms with Gasteiger partial charge in [0.1, 0.15) is 6.73 Å². The molecule has 0 radical (unpaired) electrons. The topological polar surface area (TPSA) is 45.8 Å². The minimum atomic E-state index is 0.264. The fourth-order valence-electron chi connectivity index (χ4n) is 3.65. The summed E-state index contributed by atoms with van der Waals surface area (Å²) >= 11 is 0. The van der Waals surface area contributed by atoms with E-state index in [0.717, 1.165) is 35.6 Å². The van der Waals surface area contributed by atoms with Crippen molar-refractivity contribution in [3.05, 3.63) is 120 Å². The van der Waals surface area contributed by atoms with E-state index in [2.05, 4.69) is 101 Å². The van der Waals surface area contributed by atoms with Gasteiger partial charge in [0, 0.05) is 17.1 Å². The van der Waals surface area contributed by atoms with Crippen LogP contribution in [0.3, 0.4) is 0 Å².